The molecule has 3 heteroatoms. The highest BCUT2D eigenvalue weighted by atomic mass is 35.5. The van der Waals surface area contributed by atoms with Crippen LogP contribution in [0.5, 0.6) is 0 Å². The highest BCUT2D eigenvalue weighted by Gasteiger charge is 2.14. The monoisotopic (exact) mass is 291 g/mol. The first-order valence-electron chi connectivity index (χ1n) is 6.78. The Kier molecular flexibility index (Phi) is 3.92. The number of halogens is 1. The smallest absolute Gasteiger partial charge is 0.0453 e. The Balaban J connectivity index is 1.57. The Morgan fingerprint density at radius 2 is 2.11 bits per heavy atom. The molecule has 0 fully saturated rings. The van der Waals surface area contributed by atoms with E-state index in [1.54, 1.807) is 10.4 Å². The Bertz CT molecular complexity index is 567. The summed E-state index contributed by atoms with van der Waals surface area (Å²) in [5, 5.41) is 4.36. The minimum absolute atomic E-state index is 0.835. The van der Waals surface area contributed by atoms with Crippen LogP contribution >= 0.6 is 22.9 Å². The molecule has 1 heterocycles. The van der Waals surface area contributed by atoms with Crippen molar-refractivity contribution in [2.45, 2.75) is 39.3 Å². The molecule has 2 aromatic rings. The molecule has 0 saturated heterocycles. The van der Waals surface area contributed by atoms with Crippen LogP contribution in [0.2, 0.25) is 5.02 Å². The van der Waals surface area contributed by atoms with E-state index in [2.05, 4.69) is 30.4 Å². The van der Waals surface area contributed by atoms with Gasteiger partial charge in [0.25, 0.3) is 0 Å². The van der Waals surface area contributed by atoms with Gasteiger partial charge >= 0.3 is 0 Å². The Morgan fingerprint density at radius 3 is 2.89 bits per heavy atom. The Labute approximate surface area is 123 Å². The predicted molar refractivity (Wildman–Crippen MR) is 83.1 cm³/mol. The van der Waals surface area contributed by atoms with Gasteiger partial charge in [0.2, 0.25) is 0 Å². The van der Waals surface area contributed by atoms with Crippen LogP contribution in [0.15, 0.2) is 24.3 Å². The third-order valence-corrected chi connectivity index (χ3v) is 5.21. The average molecular weight is 292 g/mol. The molecule has 1 N–H and O–H groups in total. The molecule has 100 valence electrons. The third kappa shape index (κ3) is 3.02. The molecule has 0 spiro atoms. The highest BCUT2D eigenvalue weighted by Crippen LogP contribution is 2.30. The molecule has 19 heavy (non-hydrogen) atoms. The number of nitrogens with one attached hydrogen (secondary N) is 1. The molecule has 0 amide bonds. The van der Waals surface area contributed by atoms with E-state index in [1.807, 2.05) is 17.4 Å². The minimum Gasteiger partial charge on any atom is -0.308 e. The lowest BCUT2D eigenvalue weighted by Gasteiger charge is -2.06. The first-order chi connectivity index (χ1) is 9.22. The Morgan fingerprint density at radius 1 is 1.21 bits per heavy atom. The van der Waals surface area contributed by atoms with Crippen molar-refractivity contribution in [3.63, 3.8) is 0 Å². The van der Waals surface area contributed by atoms with Crippen LogP contribution in [0.25, 0.3) is 0 Å². The van der Waals surface area contributed by atoms with Crippen LogP contribution < -0.4 is 5.32 Å². The highest BCUT2D eigenvalue weighted by molar-refractivity contribution is 7.12. The fraction of sp³-hybridized carbons (Fsp3) is 0.375. The van der Waals surface area contributed by atoms with Gasteiger partial charge in [-0.15, -0.1) is 11.3 Å². The molecule has 1 aromatic heterocycles. The molecule has 1 aromatic carbocycles. The topological polar surface area (TPSA) is 12.0 Å². The lowest BCUT2D eigenvalue weighted by molar-refractivity contribution is 0.700. The lowest BCUT2D eigenvalue weighted by atomic mass is 10.1. The molecule has 3 rings (SSSR count). The maximum atomic E-state index is 6.23. The summed E-state index contributed by atoms with van der Waals surface area (Å²) >= 11 is 8.20. The van der Waals surface area contributed by atoms with Crippen molar-refractivity contribution in [1.29, 1.82) is 0 Å². The van der Waals surface area contributed by atoms with Crippen molar-refractivity contribution in [1.82, 2.24) is 5.32 Å². The van der Waals surface area contributed by atoms with Gasteiger partial charge in [0.1, 0.15) is 0 Å². The van der Waals surface area contributed by atoms with Gasteiger partial charge in [-0.25, -0.2) is 0 Å². The largest absolute Gasteiger partial charge is 0.308 e. The summed E-state index contributed by atoms with van der Waals surface area (Å²) in [6.07, 6.45) is 3.90. The number of thiophene rings is 1. The van der Waals surface area contributed by atoms with E-state index in [1.165, 1.54) is 35.3 Å². The molecule has 1 aliphatic rings. The molecular formula is C16H18ClNS. The number of benzene rings is 1. The molecule has 0 unspecified atom stereocenters. The SMILES string of the molecule is Cc1ccc(CNCc2cc3c(s2)CCC3)c(Cl)c1. The number of aryl methyl sites for hydroxylation is 3. The number of hydrogen-bond acceptors (Lipinski definition) is 2. The number of rotatable bonds is 4. The normalized spacial score (nSPS) is 13.8. The first kappa shape index (κ1) is 13.2. The van der Waals surface area contributed by atoms with E-state index in [4.69, 9.17) is 11.6 Å². The molecule has 0 radical (unpaired) electrons. The number of hydrogen-bond donors (Lipinski definition) is 1. The van der Waals surface area contributed by atoms with Crippen LogP contribution in [-0.4, -0.2) is 0 Å². The van der Waals surface area contributed by atoms with Crippen molar-refractivity contribution in [3.05, 3.63) is 55.7 Å². The van der Waals surface area contributed by atoms with Crippen molar-refractivity contribution >= 4 is 22.9 Å². The maximum absolute atomic E-state index is 6.23. The summed E-state index contributed by atoms with van der Waals surface area (Å²) in [5.41, 5.74) is 3.97. The molecule has 1 aliphatic carbocycles. The second-order valence-corrected chi connectivity index (χ2v) is 6.84. The second kappa shape index (κ2) is 5.66. The van der Waals surface area contributed by atoms with E-state index in [0.717, 1.165) is 18.1 Å². The summed E-state index contributed by atoms with van der Waals surface area (Å²) in [6.45, 7) is 3.85. The van der Waals surface area contributed by atoms with Crippen molar-refractivity contribution < 1.29 is 0 Å². The molecule has 1 nitrogen and oxygen atoms in total. The molecular weight excluding hydrogens is 274 g/mol. The van der Waals surface area contributed by atoms with Gasteiger partial charge in [0.05, 0.1) is 0 Å². The van der Waals surface area contributed by atoms with Gasteiger partial charge in [0.15, 0.2) is 0 Å². The molecule has 0 saturated carbocycles. The number of fused-ring (bicyclic) bond motifs is 1. The standard InChI is InChI=1S/C16H18ClNS/c1-11-5-6-13(15(17)7-11)9-18-10-14-8-12-3-2-4-16(12)19-14/h5-8,18H,2-4,9-10H2,1H3. The van der Waals surface area contributed by atoms with E-state index in [9.17, 15) is 0 Å². The van der Waals surface area contributed by atoms with E-state index >= 15 is 0 Å². The summed E-state index contributed by atoms with van der Waals surface area (Å²) in [6, 6.07) is 8.62. The second-order valence-electron chi connectivity index (χ2n) is 5.21. The quantitative estimate of drug-likeness (QED) is 0.875. The molecule has 0 aliphatic heterocycles. The van der Waals surface area contributed by atoms with Gasteiger partial charge < -0.3 is 5.32 Å². The fourth-order valence-electron chi connectivity index (χ4n) is 2.59. The van der Waals surface area contributed by atoms with E-state index in [0.29, 0.717) is 0 Å². The zero-order valence-electron chi connectivity index (χ0n) is 11.1. The molecule has 0 bridgehead atoms. The van der Waals surface area contributed by atoms with Crippen molar-refractivity contribution in [3.8, 4) is 0 Å². The van der Waals surface area contributed by atoms with Crippen LogP contribution in [0.1, 0.15) is 32.9 Å². The third-order valence-electron chi connectivity index (χ3n) is 3.62. The molecule has 0 atom stereocenters. The van der Waals surface area contributed by atoms with Crippen LogP contribution in [0.3, 0.4) is 0 Å². The first-order valence-corrected chi connectivity index (χ1v) is 7.98. The zero-order chi connectivity index (χ0) is 13.2. The average Bonchev–Trinajstić information content (AvgIpc) is 2.92. The van der Waals surface area contributed by atoms with Crippen LogP contribution in [0, 0.1) is 6.92 Å². The zero-order valence-corrected chi connectivity index (χ0v) is 12.7. The van der Waals surface area contributed by atoms with Crippen molar-refractivity contribution in [2.24, 2.45) is 0 Å². The maximum Gasteiger partial charge on any atom is 0.0453 e. The fourth-order valence-corrected chi connectivity index (χ4v) is 4.13. The van der Waals surface area contributed by atoms with Gasteiger partial charge in [-0.2, -0.15) is 0 Å². The summed E-state index contributed by atoms with van der Waals surface area (Å²) in [4.78, 5) is 3.05. The lowest BCUT2D eigenvalue weighted by Crippen LogP contribution is -2.12. The van der Waals surface area contributed by atoms with Gasteiger partial charge in [-0.3, -0.25) is 0 Å². The van der Waals surface area contributed by atoms with Crippen LogP contribution in [-0.2, 0) is 25.9 Å². The predicted octanol–water partition coefficient (Wildman–Crippen LogP) is 4.49. The summed E-state index contributed by atoms with van der Waals surface area (Å²) < 4.78 is 0. The summed E-state index contributed by atoms with van der Waals surface area (Å²) in [5.74, 6) is 0. The Hall–Kier alpha value is -0.830. The summed E-state index contributed by atoms with van der Waals surface area (Å²) in [7, 11) is 0. The van der Waals surface area contributed by atoms with Crippen molar-refractivity contribution in [2.75, 3.05) is 0 Å². The minimum atomic E-state index is 0.835. The van der Waals surface area contributed by atoms with Gasteiger partial charge in [-0.1, -0.05) is 23.7 Å². The van der Waals surface area contributed by atoms with Gasteiger partial charge in [0, 0.05) is 27.9 Å². The van der Waals surface area contributed by atoms with Gasteiger partial charge in [-0.05, 0) is 55.0 Å². The van der Waals surface area contributed by atoms with E-state index < -0.39 is 0 Å². The van der Waals surface area contributed by atoms with E-state index in [-0.39, 0.29) is 0 Å². The van der Waals surface area contributed by atoms with Crippen LogP contribution in [0.4, 0.5) is 0 Å².